The summed E-state index contributed by atoms with van der Waals surface area (Å²) in [7, 11) is 1.47. The molecule has 1 rings (SSSR count). The molecule has 0 saturated heterocycles. The van der Waals surface area contributed by atoms with E-state index in [9.17, 15) is 9.50 Å². The first-order valence-corrected chi connectivity index (χ1v) is 3.97. The number of aromatic nitrogens is 1. The molecule has 1 heterocycles. The number of aliphatic hydroxyl groups is 1. The first-order chi connectivity index (χ1) is 6.16. The molecule has 0 saturated carbocycles. The maximum absolute atomic E-state index is 13.1. The van der Waals surface area contributed by atoms with Crippen molar-refractivity contribution in [2.75, 3.05) is 7.11 Å². The third-order valence-corrected chi connectivity index (χ3v) is 1.94. The predicted molar refractivity (Wildman–Crippen MR) is 45.6 cm³/mol. The second-order valence-electron chi connectivity index (χ2n) is 2.78. The Hall–Kier alpha value is -1.00. The van der Waals surface area contributed by atoms with E-state index in [1.807, 2.05) is 0 Å². The molecule has 3 nitrogen and oxygen atoms in total. The van der Waals surface area contributed by atoms with Crippen molar-refractivity contribution >= 4 is 0 Å². The quantitative estimate of drug-likeness (QED) is 0.771. The molecule has 0 aliphatic rings. The normalized spacial score (nSPS) is 15.4. The SMILES string of the molecule is COC(C)C(O)c1ccncc1F. The van der Waals surface area contributed by atoms with Crippen LogP contribution in [0.25, 0.3) is 0 Å². The van der Waals surface area contributed by atoms with Crippen LogP contribution in [0.15, 0.2) is 18.5 Å². The fourth-order valence-electron chi connectivity index (χ4n) is 1.01. The van der Waals surface area contributed by atoms with Crippen LogP contribution < -0.4 is 0 Å². The highest BCUT2D eigenvalue weighted by Crippen LogP contribution is 2.20. The van der Waals surface area contributed by atoms with Gasteiger partial charge in [-0.1, -0.05) is 0 Å². The zero-order chi connectivity index (χ0) is 9.84. The highest BCUT2D eigenvalue weighted by Gasteiger charge is 2.18. The molecule has 4 heteroatoms. The zero-order valence-corrected chi connectivity index (χ0v) is 7.57. The van der Waals surface area contributed by atoms with Gasteiger partial charge in [0.05, 0.1) is 12.3 Å². The Balaban J connectivity index is 2.88. The van der Waals surface area contributed by atoms with Crippen LogP contribution in [-0.4, -0.2) is 23.3 Å². The number of hydrogen-bond acceptors (Lipinski definition) is 3. The van der Waals surface area contributed by atoms with Crippen LogP contribution in [-0.2, 0) is 4.74 Å². The third-order valence-electron chi connectivity index (χ3n) is 1.94. The van der Waals surface area contributed by atoms with E-state index < -0.39 is 18.0 Å². The van der Waals surface area contributed by atoms with Gasteiger partial charge in [0.1, 0.15) is 11.9 Å². The topological polar surface area (TPSA) is 42.4 Å². The zero-order valence-electron chi connectivity index (χ0n) is 7.57. The number of rotatable bonds is 3. The molecule has 0 spiro atoms. The van der Waals surface area contributed by atoms with Crippen molar-refractivity contribution in [3.8, 4) is 0 Å². The molecular weight excluding hydrogens is 173 g/mol. The molecule has 2 unspecified atom stereocenters. The Labute approximate surface area is 76.2 Å². The summed E-state index contributed by atoms with van der Waals surface area (Å²) in [5.41, 5.74) is 0.212. The van der Waals surface area contributed by atoms with E-state index >= 15 is 0 Å². The minimum atomic E-state index is -0.951. The number of methoxy groups -OCH3 is 1. The van der Waals surface area contributed by atoms with Gasteiger partial charge in [-0.25, -0.2) is 4.39 Å². The fraction of sp³-hybridized carbons (Fsp3) is 0.444. The molecule has 72 valence electrons. The van der Waals surface area contributed by atoms with E-state index in [1.165, 1.54) is 19.4 Å². The first-order valence-electron chi connectivity index (χ1n) is 3.97. The van der Waals surface area contributed by atoms with Crippen molar-refractivity contribution in [1.29, 1.82) is 0 Å². The Morgan fingerprint density at radius 2 is 2.31 bits per heavy atom. The second kappa shape index (κ2) is 4.30. The predicted octanol–water partition coefficient (Wildman–Crippen LogP) is 1.29. The lowest BCUT2D eigenvalue weighted by atomic mass is 10.1. The number of nitrogens with zero attached hydrogens (tertiary/aromatic N) is 1. The number of pyridine rings is 1. The van der Waals surface area contributed by atoms with Gasteiger partial charge in [0, 0.05) is 18.9 Å². The van der Waals surface area contributed by atoms with E-state index in [1.54, 1.807) is 6.92 Å². The van der Waals surface area contributed by atoms with Crippen molar-refractivity contribution in [3.63, 3.8) is 0 Å². The number of ether oxygens (including phenoxy) is 1. The van der Waals surface area contributed by atoms with Crippen LogP contribution in [0.5, 0.6) is 0 Å². The summed E-state index contributed by atoms with van der Waals surface area (Å²) in [6.07, 6.45) is 1.12. The molecule has 2 atom stereocenters. The monoisotopic (exact) mass is 185 g/mol. The molecule has 0 aromatic carbocycles. The van der Waals surface area contributed by atoms with E-state index in [-0.39, 0.29) is 5.56 Å². The van der Waals surface area contributed by atoms with Crippen LogP contribution in [0.3, 0.4) is 0 Å². The standard InChI is InChI=1S/C9H12FNO2/c1-6(13-2)9(12)7-3-4-11-5-8(7)10/h3-6,9,12H,1-2H3. The summed E-state index contributed by atoms with van der Waals surface area (Å²) < 4.78 is 17.9. The van der Waals surface area contributed by atoms with E-state index in [2.05, 4.69) is 4.98 Å². The molecule has 0 bridgehead atoms. The van der Waals surface area contributed by atoms with Crippen LogP contribution >= 0.6 is 0 Å². The van der Waals surface area contributed by atoms with Crippen molar-refractivity contribution < 1.29 is 14.2 Å². The molecule has 1 aromatic heterocycles. The lowest BCUT2D eigenvalue weighted by Crippen LogP contribution is -2.18. The van der Waals surface area contributed by atoms with Gasteiger partial charge in [-0.15, -0.1) is 0 Å². The minimum absolute atomic E-state index is 0.212. The molecule has 0 aliphatic carbocycles. The van der Waals surface area contributed by atoms with Crippen LogP contribution in [0.4, 0.5) is 4.39 Å². The number of aliphatic hydroxyl groups excluding tert-OH is 1. The lowest BCUT2D eigenvalue weighted by molar-refractivity contribution is -0.00320. The summed E-state index contributed by atoms with van der Waals surface area (Å²) in [4.78, 5) is 3.59. The second-order valence-corrected chi connectivity index (χ2v) is 2.78. The summed E-state index contributed by atoms with van der Waals surface area (Å²) in [6, 6.07) is 1.44. The van der Waals surface area contributed by atoms with Crippen molar-refractivity contribution in [1.82, 2.24) is 4.98 Å². The Morgan fingerprint density at radius 3 is 2.85 bits per heavy atom. The highest BCUT2D eigenvalue weighted by molar-refractivity contribution is 5.16. The van der Waals surface area contributed by atoms with Crippen molar-refractivity contribution in [2.45, 2.75) is 19.1 Å². The lowest BCUT2D eigenvalue weighted by Gasteiger charge is -2.17. The molecular formula is C9H12FNO2. The van der Waals surface area contributed by atoms with Gasteiger partial charge in [-0.2, -0.15) is 0 Å². The Kier molecular flexibility index (Phi) is 3.33. The Morgan fingerprint density at radius 1 is 1.62 bits per heavy atom. The summed E-state index contributed by atoms with van der Waals surface area (Å²) >= 11 is 0. The molecule has 1 N–H and O–H groups in total. The van der Waals surface area contributed by atoms with Crippen LogP contribution in [0, 0.1) is 5.82 Å². The average Bonchev–Trinajstić information content (AvgIpc) is 2.16. The van der Waals surface area contributed by atoms with Gasteiger partial charge in [0.15, 0.2) is 0 Å². The molecule has 0 radical (unpaired) electrons. The van der Waals surface area contributed by atoms with Gasteiger partial charge in [-0.05, 0) is 13.0 Å². The molecule has 13 heavy (non-hydrogen) atoms. The largest absolute Gasteiger partial charge is 0.386 e. The van der Waals surface area contributed by atoms with Crippen molar-refractivity contribution in [2.24, 2.45) is 0 Å². The number of halogens is 1. The maximum atomic E-state index is 13.1. The minimum Gasteiger partial charge on any atom is -0.386 e. The fourth-order valence-corrected chi connectivity index (χ4v) is 1.01. The molecule has 1 aromatic rings. The van der Waals surface area contributed by atoms with Crippen LogP contribution in [0.1, 0.15) is 18.6 Å². The summed E-state index contributed by atoms with van der Waals surface area (Å²) in [5.74, 6) is -0.515. The average molecular weight is 185 g/mol. The van der Waals surface area contributed by atoms with Gasteiger partial charge in [0.2, 0.25) is 0 Å². The van der Waals surface area contributed by atoms with Gasteiger partial charge < -0.3 is 9.84 Å². The smallest absolute Gasteiger partial charge is 0.147 e. The van der Waals surface area contributed by atoms with Crippen LogP contribution in [0.2, 0.25) is 0 Å². The molecule has 0 aliphatic heterocycles. The summed E-state index contributed by atoms with van der Waals surface area (Å²) in [5, 5.41) is 9.58. The van der Waals surface area contributed by atoms with E-state index in [0.29, 0.717) is 0 Å². The third kappa shape index (κ3) is 2.23. The van der Waals surface area contributed by atoms with E-state index in [0.717, 1.165) is 6.20 Å². The Bertz CT molecular complexity index is 280. The maximum Gasteiger partial charge on any atom is 0.147 e. The van der Waals surface area contributed by atoms with Gasteiger partial charge >= 0.3 is 0 Å². The molecule has 0 fully saturated rings. The highest BCUT2D eigenvalue weighted by atomic mass is 19.1. The first kappa shape index (κ1) is 10.1. The van der Waals surface area contributed by atoms with Crippen molar-refractivity contribution in [3.05, 3.63) is 29.8 Å². The van der Waals surface area contributed by atoms with Gasteiger partial charge in [0.25, 0.3) is 0 Å². The van der Waals surface area contributed by atoms with Gasteiger partial charge in [-0.3, -0.25) is 4.98 Å². The summed E-state index contributed by atoms with van der Waals surface area (Å²) in [6.45, 7) is 1.67. The van der Waals surface area contributed by atoms with E-state index in [4.69, 9.17) is 4.74 Å². The molecule has 0 amide bonds. The number of hydrogen-bond donors (Lipinski definition) is 1.